The van der Waals surface area contributed by atoms with Crippen LogP contribution in [0.15, 0.2) is 41.8 Å². The van der Waals surface area contributed by atoms with Gasteiger partial charge in [-0.2, -0.15) is 0 Å². The molecule has 0 unspecified atom stereocenters. The zero-order valence-electron chi connectivity index (χ0n) is 14.6. The fourth-order valence-corrected chi connectivity index (χ4v) is 2.78. The summed E-state index contributed by atoms with van der Waals surface area (Å²) in [6.07, 6.45) is -0.567. The van der Waals surface area contributed by atoms with Crippen molar-refractivity contribution in [3.8, 4) is 0 Å². The highest BCUT2D eigenvalue weighted by molar-refractivity contribution is 7.09. The van der Waals surface area contributed by atoms with Crippen LogP contribution in [0.1, 0.15) is 22.2 Å². The number of hydrogen-bond acceptors (Lipinski definition) is 6. The van der Waals surface area contributed by atoms with Gasteiger partial charge >= 0.3 is 12.1 Å². The van der Waals surface area contributed by atoms with Gasteiger partial charge in [-0.1, -0.05) is 6.07 Å². The number of carbonyl (C=O) groups excluding carboxylic acids is 3. The second-order valence-corrected chi connectivity index (χ2v) is 6.36. The van der Waals surface area contributed by atoms with Crippen LogP contribution in [0.3, 0.4) is 0 Å². The van der Waals surface area contributed by atoms with Crippen LogP contribution in [0.5, 0.6) is 0 Å². The fraction of sp³-hybridized carbons (Fsp3) is 0.278. The summed E-state index contributed by atoms with van der Waals surface area (Å²) in [4.78, 5) is 37.9. The lowest BCUT2D eigenvalue weighted by atomic mass is 10.2. The Kier molecular flexibility index (Phi) is 7.16. The van der Waals surface area contributed by atoms with E-state index in [1.54, 1.807) is 37.4 Å². The summed E-state index contributed by atoms with van der Waals surface area (Å²) >= 11 is 1.56. The summed E-state index contributed by atoms with van der Waals surface area (Å²) in [5.74, 6) is -0.891. The monoisotopic (exact) mass is 376 g/mol. The topological polar surface area (TPSA) is 84.9 Å². The number of nitrogens with zero attached hydrogens (tertiary/aromatic N) is 1. The number of nitrogens with one attached hydrogen (secondary N) is 1. The van der Waals surface area contributed by atoms with E-state index in [1.165, 1.54) is 17.0 Å². The van der Waals surface area contributed by atoms with Gasteiger partial charge in [0.05, 0.1) is 18.7 Å². The molecule has 7 nitrogen and oxygen atoms in total. The number of likely N-dealkylation sites (N-methyl/N-ethyl adjacent to an activating group) is 1. The van der Waals surface area contributed by atoms with Crippen molar-refractivity contribution >= 4 is 35.0 Å². The van der Waals surface area contributed by atoms with Crippen LogP contribution >= 0.6 is 11.3 Å². The number of amides is 2. The van der Waals surface area contributed by atoms with Crippen LogP contribution in [0.4, 0.5) is 10.5 Å². The van der Waals surface area contributed by atoms with Crippen molar-refractivity contribution in [1.29, 1.82) is 0 Å². The van der Waals surface area contributed by atoms with Crippen LogP contribution in [0, 0.1) is 0 Å². The van der Waals surface area contributed by atoms with Crippen LogP contribution < -0.4 is 5.32 Å². The standard InChI is InChI=1S/C18H20N2O5S/c1-3-24-18(23)19-14-8-6-13(7-9-14)17(22)25-12-16(21)20(2)11-15-5-4-10-26-15/h4-10H,3,11-12H2,1-2H3,(H,19,23). The van der Waals surface area contributed by atoms with Gasteiger partial charge in [0, 0.05) is 17.6 Å². The van der Waals surface area contributed by atoms with Gasteiger partial charge in [-0.25, -0.2) is 9.59 Å². The minimum absolute atomic E-state index is 0.269. The van der Waals surface area contributed by atoms with Crippen LogP contribution in [-0.4, -0.2) is 43.1 Å². The van der Waals surface area contributed by atoms with E-state index in [4.69, 9.17) is 9.47 Å². The number of rotatable bonds is 7. The van der Waals surface area contributed by atoms with E-state index < -0.39 is 12.1 Å². The molecule has 2 amide bonds. The number of anilines is 1. The quantitative estimate of drug-likeness (QED) is 0.751. The van der Waals surface area contributed by atoms with Gasteiger partial charge in [0.15, 0.2) is 6.61 Å². The first-order valence-electron chi connectivity index (χ1n) is 7.97. The Labute approximate surface area is 155 Å². The molecule has 8 heteroatoms. The second kappa shape index (κ2) is 9.57. The summed E-state index contributed by atoms with van der Waals surface area (Å²) in [5, 5.41) is 4.46. The van der Waals surface area contributed by atoms with Crippen molar-refractivity contribution < 1.29 is 23.9 Å². The molecule has 1 N–H and O–H groups in total. The lowest BCUT2D eigenvalue weighted by molar-refractivity contribution is -0.133. The number of esters is 1. The molecule has 0 aliphatic rings. The number of ether oxygens (including phenoxy) is 2. The van der Waals surface area contributed by atoms with E-state index in [0.29, 0.717) is 12.2 Å². The minimum Gasteiger partial charge on any atom is -0.452 e. The highest BCUT2D eigenvalue weighted by Gasteiger charge is 2.14. The molecule has 0 aliphatic heterocycles. The summed E-state index contributed by atoms with van der Waals surface area (Å²) in [5.41, 5.74) is 0.778. The summed E-state index contributed by atoms with van der Waals surface area (Å²) in [6.45, 7) is 2.12. The number of carbonyl (C=O) groups is 3. The Morgan fingerprint density at radius 2 is 1.85 bits per heavy atom. The zero-order chi connectivity index (χ0) is 18.9. The molecule has 0 radical (unpaired) electrons. The number of benzene rings is 1. The van der Waals surface area contributed by atoms with Gasteiger partial charge in [0.25, 0.3) is 5.91 Å². The SMILES string of the molecule is CCOC(=O)Nc1ccc(C(=O)OCC(=O)N(C)Cc2cccs2)cc1. The maximum Gasteiger partial charge on any atom is 0.411 e. The van der Waals surface area contributed by atoms with Gasteiger partial charge < -0.3 is 14.4 Å². The normalized spacial score (nSPS) is 10.1. The maximum atomic E-state index is 12.0. The van der Waals surface area contributed by atoms with Crippen molar-refractivity contribution in [3.63, 3.8) is 0 Å². The first-order chi connectivity index (χ1) is 12.5. The Morgan fingerprint density at radius 3 is 2.46 bits per heavy atom. The number of thiophene rings is 1. The molecule has 1 heterocycles. The molecule has 0 spiro atoms. The summed E-state index contributed by atoms with van der Waals surface area (Å²) in [7, 11) is 1.66. The third kappa shape index (κ3) is 5.89. The molecular formula is C18H20N2O5S. The van der Waals surface area contributed by atoms with Crippen molar-refractivity contribution in [1.82, 2.24) is 4.90 Å². The molecule has 2 aromatic rings. The second-order valence-electron chi connectivity index (χ2n) is 5.33. The minimum atomic E-state index is -0.606. The molecule has 0 aliphatic carbocycles. The third-order valence-corrected chi connectivity index (χ3v) is 4.23. The maximum absolute atomic E-state index is 12.0. The molecule has 138 valence electrons. The van der Waals surface area contributed by atoms with Crippen molar-refractivity contribution in [2.75, 3.05) is 25.6 Å². The van der Waals surface area contributed by atoms with E-state index in [0.717, 1.165) is 4.88 Å². The predicted octanol–water partition coefficient (Wildman–Crippen LogP) is 3.13. The van der Waals surface area contributed by atoms with Gasteiger partial charge in [-0.15, -0.1) is 11.3 Å². The van der Waals surface area contributed by atoms with E-state index in [-0.39, 0.29) is 24.7 Å². The Morgan fingerprint density at radius 1 is 1.12 bits per heavy atom. The Balaban J connectivity index is 1.81. The Bertz CT molecular complexity index is 743. The van der Waals surface area contributed by atoms with Gasteiger partial charge in [0.2, 0.25) is 0 Å². The molecule has 26 heavy (non-hydrogen) atoms. The molecule has 2 rings (SSSR count). The van der Waals surface area contributed by atoms with Crippen LogP contribution in [0.25, 0.3) is 0 Å². The third-order valence-electron chi connectivity index (χ3n) is 3.37. The molecule has 0 bridgehead atoms. The smallest absolute Gasteiger partial charge is 0.411 e. The molecular weight excluding hydrogens is 356 g/mol. The van der Waals surface area contributed by atoms with Crippen LogP contribution in [-0.2, 0) is 20.8 Å². The van der Waals surface area contributed by atoms with E-state index in [9.17, 15) is 14.4 Å². The number of hydrogen-bond donors (Lipinski definition) is 1. The summed E-state index contributed by atoms with van der Waals surface area (Å²) < 4.78 is 9.82. The lowest BCUT2D eigenvalue weighted by Crippen LogP contribution is -2.30. The highest BCUT2D eigenvalue weighted by Crippen LogP contribution is 2.12. The zero-order valence-corrected chi connectivity index (χ0v) is 15.4. The van der Waals surface area contributed by atoms with Crippen molar-refractivity contribution in [2.45, 2.75) is 13.5 Å². The van der Waals surface area contributed by atoms with E-state index in [2.05, 4.69) is 5.32 Å². The lowest BCUT2D eigenvalue weighted by Gasteiger charge is -2.16. The molecule has 0 fully saturated rings. The molecule has 1 aromatic carbocycles. The predicted molar refractivity (Wildman–Crippen MR) is 98.2 cm³/mol. The van der Waals surface area contributed by atoms with E-state index >= 15 is 0 Å². The van der Waals surface area contributed by atoms with Gasteiger partial charge in [-0.05, 0) is 42.6 Å². The highest BCUT2D eigenvalue weighted by atomic mass is 32.1. The molecule has 0 atom stereocenters. The summed E-state index contributed by atoms with van der Waals surface area (Å²) in [6, 6.07) is 9.97. The average molecular weight is 376 g/mol. The first-order valence-corrected chi connectivity index (χ1v) is 8.85. The average Bonchev–Trinajstić information content (AvgIpc) is 3.13. The fourth-order valence-electron chi connectivity index (χ4n) is 2.02. The van der Waals surface area contributed by atoms with E-state index in [1.807, 2.05) is 17.5 Å². The van der Waals surface area contributed by atoms with Gasteiger partial charge in [-0.3, -0.25) is 10.1 Å². The van der Waals surface area contributed by atoms with Crippen molar-refractivity contribution in [2.24, 2.45) is 0 Å². The first kappa shape index (κ1) is 19.5. The Hall–Kier alpha value is -2.87. The molecule has 1 aromatic heterocycles. The van der Waals surface area contributed by atoms with Gasteiger partial charge in [0.1, 0.15) is 0 Å². The van der Waals surface area contributed by atoms with Crippen molar-refractivity contribution in [3.05, 3.63) is 52.2 Å². The van der Waals surface area contributed by atoms with Crippen LogP contribution in [0.2, 0.25) is 0 Å². The largest absolute Gasteiger partial charge is 0.452 e. The molecule has 0 saturated carbocycles. The molecule has 0 saturated heterocycles.